The molecule has 0 amide bonds. The largest absolute Gasteiger partial charge is 0.495 e. The molecule has 21 heavy (non-hydrogen) atoms. The standard InChI is InChI=1S/C18H22N2O/c1-12-7-6-8-14-16(11-13(2)19-18(12)14)20-15-9-4-5-10-17(15)21-3/h4-10,13,16,19-20H,11H2,1-3H3. The van der Waals surface area contributed by atoms with Crippen molar-refractivity contribution in [1.29, 1.82) is 0 Å². The van der Waals surface area contributed by atoms with Crippen molar-refractivity contribution in [2.24, 2.45) is 0 Å². The molecule has 3 heteroatoms. The zero-order chi connectivity index (χ0) is 14.8. The van der Waals surface area contributed by atoms with E-state index in [0.717, 1.165) is 17.9 Å². The topological polar surface area (TPSA) is 33.3 Å². The average Bonchev–Trinajstić information content (AvgIpc) is 2.49. The number of rotatable bonds is 3. The Morgan fingerprint density at radius 1 is 1.14 bits per heavy atom. The third-order valence-electron chi connectivity index (χ3n) is 4.10. The maximum Gasteiger partial charge on any atom is 0.141 e. The molecule has 0 saturated carbocycles. The van der Waals surface area contributed by atoms with Gasteiger partial charge in [-0.2, -0.15) is 0 Å². The van der Waals surface area contributed by atoms with Gasteiger partial charge < -0.3 is 15.4 Å². The summed E-state index contributed by atoms with van der Waals surface area (Å²) in [6.45, 7) is 4.39. The lowest BCUT2D eigenvalue weighted by Gasteiger charge is -2.33. The minimum atomic E-state index is 0.299. The highest BCUT2D eigenvalue weighted by molar-refractivity contribution is 5.64. The fourth-order valence-electron chi connectivity index (χ4n) is 3.05. The van der Waals surface area contributed by atoms with Crippen LogP contribution in [0.25, 0.3) is 0 Å². The summed E-state index contributed by atoms with van der Waals surface area (Å²) in [6.07, 6.45) is 1.05. The molecule has 0 saturated heterocycles. The normalized spacial score (nSPS) is 20.3. The number of ether oxygens (including phenoxy) is 1. The molecule has 0 spiro atoms. The number of hydrogen-bond acceptors (Lipinski definition) is 3. The summed E-state index contributed by atoms with van der Waals surface area (Å²) in [7, 11) is 1.71. The molecule has 1 aliphatic rings. The van der Waals surface area contributed by atoms with Gasteiger partial charge in [0, 0.05) is 11.7 Å². The lowest BCUT2D eigenvalue weighted by molar-refractivity contribution is 0.415. The van der Waals surface area contributed by atoms with E-state index in [9.17, 15) is 0 Å². The van der Waals surface area contributed by atoms with Gasteiger partial charge in [-0.1, -0.05) is 30.3 Å². The van der Waals surface area contributed by atoms with E-state index in [1.165, 1.54) is 16.8 Å². The Kier molecular flexibility index (Phi) is 3.74. The summed E-state index contributed by atoms with van der Waals surface area (Å²) in [5, 5.41) is 7.25. The van der Waals surface area contributed by atoms with Gasteiger partial charge in [-0.15, -0.1) is 0 Å². The van der Waals surface area contributed by atoms with E-state index in [1.807, 2.05) is 18.2 Å². The second kappa shape index (κ2) is 5.68. The van der Waals surface area contributed by atoms with Crippen molar-refractivity contribution in [1.82, 2.24) is 0 Å². The Bertz CT molecular complexity index is 639. The van der Waals surface area contributed by atoms with Crippen LogP contribution in [0.2, 0.25) is 0 Å². The third kappa shape index (κ3) is 2.68. The first-order chi connectivity index (χ1) is 10.2. The van der Waals surface area contributed by atoms with Crippen LogP contribution < -0.4 is 15.4 Å². The minimum Gasteiger partial charge on any atom is -0.495 e. The summed E-state index contributed by atoms with van der Waals surface area (Å²) in [4.78, 5) is 0. The van der Waals surface area contributed by atoms with Gasteiger partial charge >= 0.3 is 0 Å². The number of benzene rings is 2. The maximum absolute atomic E-state index is 5.45. The summed E-state index contributed by atoms with van der Waals surface area (Å²) < 4.78 is 5.45. The molecule has 0 aromatic heterocycles. The minimum absolute atomic E-state index is 0.299. The molecule has 3 rings (SSSR count). The fourth-order valence-corrected chi connectivity index (χ4v) is 3.05. The number of nitrogens with one attached hydrogen (secondary N) is 2. The Morgan fingerprint density at radius 2 is 1.95 bits per heavy atom. The van der Waals surface area contributed by atoms with E-state index >= 15 is 0 Å². The van der Waals surface area contributed by atoms with Crippen LogP contribution in [0, 0.1) is 6.92 Å². The van der Waals surface area contributed by atoms with Crippen LogP contribution in [0.3, 0.4) is 0 Å². The molecular weight excluding hydrogens is 260 g/mol. The molecule has 110 valence electrons. The van der Waals surface area contributed by atoms with Crippen molar-refractivity contribution in [3.8, 4) is 5.75 Å². The lowest BCUT2D eigenvalue weighted by atomic mass is 9.91. The van der Waals surface area contributed by atoms with Crippen LogP contribution in [-0.2, 0) is 0 Å². The van der Waals surface area contributed by atoms with E-state index in [0.29, 0.717) is 12.1 Å². The highest BCUT2D eigenvalue weighted by atomic mass is 16.5. The third-order valence-corrected chi connectivity index (χ3v) is 4.10. The summed E-state index contributed by atoms with van der Waals surface area (Å²) in [5.74, 6) is 0.887. The Hall–Kier alpha value is -2.16. The second-order valence-corrected chi connectivity index (χ2v) is 5.72. The average molecular weight is 282 g/mol. The van der Waals surface area contributed by atoms with Gasteiger partial charge in [0.1, 0.15) is 5.75 Å². The first-order valence-corrected chi connectivity index (χ1v) is 7.44. The molecule has 3 nitrogen and oxygen atoms in total. The Balaban J connectivity index is 1.95. The highest BCUT2D eigenvalue weighted by Gasteiger charge is 2.25. The van der Waals surface area contributed by atoms with Crippen LogP contribution >= 0.6 is 0 Å². The number of fused-ring (bicyclic) bond motifs is 1. The molecular formula is C18H22N2O. The molecule has 0 fully saturated rings. The van der Waals surface area contributed by atoms with Crippen molar-refractivity contribution >= 4 is 11.4 Å². The predicted octanol–water partition coefficient (Wildman–Crippen LogP) is 4.36. The van der Waals surface area contributed by atoms with Crippen molar-refractivity contribution in [2.45, 2.75) is 32.4 Å². The van der Waals surface area contributed by atoms with Crippen LogP contribution in [0.15, 0.2) is 42.5 Å². The van der Waals surface area contributed by atoms with Crippen molar-refractivity contribution < 1.29 is 4.74 Å². The second-order valence-electron chi connectivity index (χ2n) is 5.72. The van der Waals surface area contributed by atoms with E-state index < -0.39 is 0 Å². The van der Waals surface area contributed by atoms with Crippen molar-refractivity contribution in [3.63, 3.8) is 0 Å². The van der Waals surface area contributed by atoms with E-state index in [2.05, 4.69) is 48.7 Å². The maximum atomic E-state index is 5.45. The molecule has 1 heterocycles. The van der Waals surface area contributed by atoms with Gasteiger partial charge in [0.15, 0.2) is 0 Å². The molecule has 2 aromatic rings. The van der Waals surface area contributed by atoms with Crippen LogP contribution in [0.5, 0.6) is 5.75 Å². The Morgan fingerprint density at radius 3 is 2.76 bits per heavy atom. The quantitative estimate of drug-likeness (QED) is 0.877. The van der Waals surface area contributed by atoms with Gasteiger partial charge in [-0.05, 0) is 43.5 Å². The monoisotopic (exact) mass is 282 g/mol. The summed E-state index contributed by atoms with van der Waals surface area (Å²) in [5.41, 5.74) is 4.94. The van der Waals surface area contributed by atoms with E-state index in [1.54, 1.807) is 7.11 Å². The number of anilines is 2. The molecule has 2 aromatic carbocycles. The predicted molar refractivity (Wildman–Crippen MR) is 88.2 cm³/mol. The smallest absolute Gasteiger partial charge is 0.141 e. The molecule has 0 bridgehead atoms. The lowest BCUT2D eigenvalue weighted by Crippen LogP contribution is -2.29. The van der Waals surface area contributed by atoms with Crippen LogP contribution in [-0.4, -0.2) is 13.2 Å². The number of hydrogen-bond donors (Lipinski definition) is 2. The van der Waals surface area contributed by atoms with Gasteiger partial charge in [-0.25, -0.2) is 0 Å². The molecule has 1 aliphatic heterocycles. The van der Waals surface area contributed by atoms with Crippen molar-refractivity contribution in [2.75, 3.05) is 17.7 Å². The van der Waals surface area contributed by atoms with Gasteiger partial charge in [0.25, 0.3) is 0 Å². The first-order valence-electron chi connectivity index (χ1n) is 7.44. The number of aryl methyl sites for hydroxylation is 1. The Labute approximate surface area is 126 Å². The molecule has 2 atom stereocenters. The molecule has 0 aliphatic carbocycles. The molecule has 2 unspecified atom stereocenters. The number of methoxy groups -OCH3 is 1. The fraction of sp³-hybridized carbons (Fsp3) is 0.333. The zero-order valence-electron chi connectivity index (χ0n) is 12.8. The molecule has 2 N–H and O–H groups in total. The van der Waals surface area contributed by atoms with E-state index in [-0.39, 0.29) is 0 Å². The SMILES string of the molecule is COc1ccccc1NC1CC(C)Nc2c(C)cccc21. The van der Waals surface area contributed by atoms with Gasteiger partial charge in [0.05, 0.1) is 18.8 Å². The first kappa shape index (κ1) is 13.8. The summed E-state index contributed by atoms with van der Waals surface area (Å²) in [6, 6.07) is 15.3. The van der Waals surface area contributed by atoms with Crippen LogP contribution in [0.4, 0.5) is 11.4 Å². The van der Waals surface area contributed by atoms with E-state index in [4.69, 9.17) is 4.74 Å². The van der Waals surface area contributed by atoms with Crippen molar-refractivity contribution in [3.05, 3.63) is 53.6 Å². The highest BCUT2D eigenvalue weighted by Crippen LogP contribution is 2.38. The number of para-hydroxylation sites is 3. The summed E-state index contributed by atoms with van der Waals surface area (Å²) >= 11 is 0. The zero-order valence-corrected chi connectivity index (χ0v) is 12.8. The molecule has 0 radical (unpaired) electrons. The van der Waals surface area contributed by atoms with Gasteiger partial charge in [0.2, 0.25) is 0 Å². The van der Waals surface area contributed by atoms with Crippen LogP contribution in [0.1, 0.15) is 30.5 Å². The van der Waals surface area contributed by atoms with Gasteiger partial charge in [-0.3, -0.25) is 0 Å².